The topological polar surface area (TPSA) is 61.6 Å². The van der Waals surface area contributed by atoms with Gasteiger partial charge in [-0.2, -0.15) is 0 Å². The number of likely N-dealkylation sites (tertiary alicyclic amines) is 1. The molecule has 1 fully saturated rings. The maximum Gasteiger partial charge on any atom is 0.287 e. The second-order valence-electron chi connectivity index (χ2n) is 7.11. The number of carbonyl (C=O) groups excluding carboxylic acids is 1. The van der Waals surface area contributed by atoms with E-state index in [1.807, 2.05) is 37.3 Å². The van der Waals surface area contributed by atoms with Gasteiger partial charge in [0.1, 0.15) is 5.76 Å². The van der Waals surface area contributed by atoms with Gasteiger partial charge in [0.15, 0.2) is 5.76 Å². The van der Waals surface area contributed by atoms with Crippen molar-refractivity contribution < 1.29 is 9.21 Å². The molecule has 0 bridgehead atoms. The number of hydrogen-bond acceptors (Lipinski definition) is 5. The Bertz CT molecular complexity index is 693. The molecule has 0 radical (unpaired) electrons. The molecule has 1 saturated heterocycles. The molecule has 1 aliphatic rings. The van der Waals surface area contributed by atoms with Crippen LogP contribution >= 0.6 is 0 Å². The Labute approximate surface area is 155 Å². The lowest BCUT2D eigenvalue weighted by Gasteiger charge is -2.34. The first-order valence-corrected chi connectivity index (χ1v) is 9.29. The predicted octanol–water partition coefficient (Wildman–Crippen LogP) is 2.69. The summed E-state index contributed by atoms with van der Waals surface area (Å²) in [5.74, 6) is 0.992. The molecule has 6 nitrogen and oxygen atoms in total. The van der Waals surface area contributed by atoms with Crippen LogP contribution in [0.4, 0.5) is 0 Å². The zero-order valence-corrected chi connectivity index (χ0v) is 15.6. The highest BCUT2D eigenvalue weighted by atomic mass is 16.4. The first-order chi connectivity index (χ1) is 12.6. The number of piperidine rings is 1. The van der Waals surface area contributed by atoms with Crippen molar-refractivity contribution in [1.82, 2.24) is 20.1 Å². The smallest absolute Gasteiger partial charge is 0.287 e. The molecular formula is C20H28N4O2. The van der Waals surface area contributed by atoms with Gasteiger partial charge in [0.05, 0.1) is 12.6 Å². The molecule has 140 valence electrons. The van der Waals surface area contributed by atoms with Gasteiger partial charge in [-0.1, -0.05) is 12.5 Å². The lowest BCUT2D eigenvalue weighted by Crippen LogP contribution is -2.40. The largest absolute Gasteiger partial charge is 0.455 e. The SMILES string of the molecule is CN(C)Cc1ccc(C(=O)NCC(c2cccnc2)N2CCCCC2)o1. The van der Waals surface area contributed by atoms with Gasteiger partial charge in [0, 0.05) is 18.9 Å². The second kappa shape index (κ2) is 8.96. The van der Waals surface area contributed by atoms with Crippen molar-refractivity contribution in [2.45, 2.75) is 31.8 Å². The molecule has 1 N–H and O–H groups in total. The Morgan fingerprint density at radius 2 is 2.08 bits per heavy atom. The molecule has 1 amide bonds. The summed E-state index contributed by atoms with van der Waals surface area (Å²) < 4.78 is 5.66. The van der Waals surface area contributed by atoms with Crippen LogP contribution in [0.15, 0.2) is 41.1 Å². The number of carbonyl (C=O) groups is 1. The number of nitrogens with one attached hydrogen (secondary N) is 1. The fourth-order valence-electron chi connectivity index (χ4n) is 3.43. The standard InChI is InChI=1S/C20H28N4O2/c1-23(2)15-17-8-9-19(26-17)20(25)22-14-18(16-7-6-10-21-13-16)24-11-4-3-5-12-24/h6-10,13,18H,3-5,11-12,14-15H2,1-2H3,(H,22,25). The van der Waals surface area contributed by atoms with Crippen LogP contribution < -0.4 is 5.32 Å². The van der Waals surface area contributed by atoms with E-state index in [2.05, 4.69) is 21.3 Å². The number of hydrogen-bond donors (Lipinski definition) is 1. The van der Waals surface area contributed by atoms with Crippen molar-refractivity contribution in [3.8, 4) is 0 Å². The third-order valence-electron chi connectivity index (χ3n) is 4.71. The van der Waals surface area contributed by atoms with Crippen LogP contribution in [0.1, 0.15) is 47.2 Å². The lowest BCUT2D eigenvalue weighted by atomic mass is 10.0. The first kappa shape index (κ1) is 18.6. The summed E-state index contributed by atoms with van der Waals surface area (Å²) in [4.78, 5) is 21.2. The van der Waals surface area contributed by atoms with E-state index in [0.717, 1.165) is 24.4 Å². The Balaban J connectivity index is 1.65. The molecule has 3 rings (SSSR count). The Morgan fingerprint density at radius 3 is 2.77 bits per heavy atom. The minimum Gasteiger partial charge on any atom is -0.455 e. The van der Waals surface area contributed by atoms with Crippen LogP contribution in [0.2, 0.25) is 0 Å². The monoisotopic (exact) mass is 356 g/mol. The number of nitrogens with zero attached hydrogens (tertiary/aromatic N) is 3. The maximum atomic E-state index is 12.5. The highest BCUT2D eigenvalue weighted by Gasteiger charge is 2.23. The van der Waals surface area contributed by atoms with Crippen LogP contribution in [0.25, 0.3) is 0 Å². The van der Waals surface area contributed by atoms with Gasteiger partial charge < -0.3 is 14.6 Å². The molecule has 1 atom stereocenters. The summed E-state index contributed by atoms with van der Waals surface area (Å²) in [5, 5.41) is 3.05. The average Bonchev–Trinajstić information content (AvgIpc) is 3.11. The summed E-state index contributed by atoms with van der Waals surface area (Å²) in [6.07, 6.45) is 7.37. The quantitative estimate of drug-likeness (QED) is 0.826. The van der Waals surface area contributed by atoms with E-state index in [9.17, 15) is 4.79 Å². The van der Waals surface area contributed by atoms with Crippen molar-refractivity contribution in [2.24, 2.45) is 0 Å². The third-order valence-corrected chi connectivity index (χ3v) is 4.71. The fraction of sp³-hybridized carbons (Fsp3) is 0.500. The number of amides is 1. The highest BCUT2D eigenvalue weighted by Crippen LogP contribution is 2.23. The molecule has 1 unspecified atom stereocenters. The molecule has 0 aliphatic carbocycles. The predicted molar refractivity (Wildman–Crippen MR) is 101 cm³/mol. The maximum absolute atomic E-state index is 12.5. The van der Waals surface area contributed by atoms with Gasteiger partial charge in [-0.05, 0) is 63.8 Å². The minimum atomic E-state index is -0.166. The molecule has 6 heteroatoms. The van der Waals surface area contributed by atoms with Crippen LogP contribution in [-0.2, 0) is 6.54 Å². The van der Waals surface area contributed by atoms with Gasteiger partial charge in [0.25, 0.3) is 5.91 Å². The van der Waals surface area contributed by atoms with E-state index >= 15 is 0 Å². The van der Waals surface area contributed by atoms with Gasteiger partial charge in [-0.15, -0.1) is 0 Å². The van der Waals surface area contributed by atoms with Gasteiger partial charge in [-0.3, -0.25) is 14.7 Å². The summed E-state index contributed by atoms with van der Waals surface area (Å²) >= 11 is 0. The molecule has 1 aliphatic heterocycles. The van der Waals surface area contributed by atoms with Crippen LogP contribution in [0.5, 0.6) is 0 Å². The Kier molecular flexibility index (Phi) is 6.41. The molecule has 2 aromatic rings. The molecule has 26 heavy (non-hydrogen) atoms. The summed E-state index contributed by atoms with van der Waals surface area (Å²) in [7, 11) is 3.94. The highest BCUT2D eigenvalue weighted by molar-refractivity contribution is 5.91. The van der Waals surface area contributed by atoms with Gasteiger partial charge >= 0.3 is 0 Å². The van der Waals surface area contributed by atoms with Crippen molar-refractivity contribution in [2.75, 3.05) is 33.7 Å². The van der Waals surface area contributed by atoms with Crippen LogP contribution in [0, 0.1) is 0 Å². The number of aromatic nitrogens is 1. The van der Waals surface area contributed by atoms with E-state index in [0.29, 0.717) is 18.8 Å². The Morgan fingerprint density at radius 1 is 1.27 bits per heavy atom. The normalized spacial score (nSPS) is 16.6. The van der Waals surface area contributed by atoms with E-state index in [4.69, 9.17) is 4.42 Å². The summed E-state index contributed by atoms with van der Waals surface area (Å²) in [5.41, 5.74) is 1.14. The van der Waals surface area contributed by atoms with E-state index in [-0.39, 0.29) is 11.9 Å². The number of rotatable bonds is 7. The van der Waals surface area contributed by atoms with E-state index in [1.54, 1.807) is 12.3 Å². The molecule has 3 heterocycles. The van der Waals surface area contributed by atoms with Crippen molar-refractivity contribution >= 4 is 5.91 Å². The average molecular weight is 356 g/mol. The van der Waals surface area contributed by atoms with Crippen molar-refractivity contribution in [3.05, 3.63) is 53.7 Å². The zero-order chi connectivity index (χ0) is 18.4. The van der Waals surface area contributed by atoms with Crippen LogP contribution in [0.3, 0.4) is 0 Å². The number of pyridine rings is 1. The second-order valence-corrected chi connectivity index (χ2v) is 7.11. The summed E-state index contributed by atoms with van der Waals surface area (Å²) in [6.45, 7) is 3.35. The molecule has 0 aromatic carbocycles. The summed E-state index contributed by atoms with van der Waals surface area (Å²) in [6, 6.07) is 7.78. The van der Waals surface area contributed by atoms with Crippen molar-refractivity contribution in [1.29, 1.82) is 0 Å². The van der Waals surface area contributed by atoms with E-state index in [1.165, 1.54) is 19.3 Å². The first-order valence-electron chi connectivity index (χ1n) is 9.29. The van der Waals surface area contributed by atoms with E-state index < -0.39 is 0 Å². The Hall–Kier alpha value is -2.18. The van der Waals surface area contributed by atoms with Gasteiger partial charge in [0.2, 0.25) is 0 Å². The molecule has 0 saturated carbocycles. The number of furan rings is 1. The fourth-order valence-corrected chi connectivity index (χ4v) is 3.43. The minimum absolute atomic E-state index is 0.143. The van der Waals surface area contributed by atoms with Crippen molar-refractivity contribution in [3.63, 3.8) is 0 Å². The molecule has 2 aromatic heterocycles. The van der Waals surface area contributed by atoms with Crippen LogP contribution in [-0.4, -0.2) is 54.4 Å². The van der Waals surface area contributed by atoms with Gasteiger partial charge in [-0.25, -0.2) is 0 Å². The molecular weight excluding hydrogens is 328 g/mol. The third kappa shape index (κ3) is 4.93. The lowest BCUT2D eigenvalue weighted by molar-refractivity contribution is 0.0894. The zero-order valence-electron chi connectivity index (χ0n) is 15.6. The molecule has 0 spiro atoms.